The number of aryl methyl sites for hydroxylation is 1. The molecule has 9 nitrogen and oxygen atoms in total. The van der Waals surface area contributed by atoms with E-state index in [9.17, 15) is 18.9 Å². The van der Waals surface area contributed by atoms with Crippen LogP contribution in [0.3, 0.4) is 0 Å². The fourth-order valence-electron chi connectivity index (χ4n) is 3.94. The Kier molecular flexibility index (Phi) is 6.01. The van der Waals surface area contributed by atoms with Gasteiger partial charge in [-0.05, 0) is 25.8 Å². The summed E-state index contributed by atoms with van der Waals surface area (Å²) in [5.41, 5.74) is 1.03. The topological polar surface area (TPSA) is 113 Å². The third-order valence-corrected chi connectivity index (χ3v) is 9.70. The van der Waals surface area contributed by atoms with Crippen LogP contribution in [0.1, 0.15) is 23.3 Å². The van der Waals surface area contributed by atoms with Crippen LogP contribution in [0.2, 0.25) is 0 Å². The molecule has 33 heavy (non-hydrogen) atoms. The fourth-order valence-corrected chi connectivity index (χ4v) is 6.39. The van der Waals surface area contributed by atoms with Gasteiger partial charge in [0.25, 0.3) is 11.5 Å². The first-order chi connectivity index (χ1) is 15.5. The quantitative estimate of drug-likeness (QED) is 0.515. The second-order valence-electron chi connectivity index (χ2n) is 8.65. The average Bonchev–Trinajstić information content (AvgIpc) is 3.47. The number of ether oxygens (including phenoxy) is 1. The third kappa shape index (κ3) is 4.25. The van der Waals surface area contributed by atoms with Gasteiger partial charge in [0.15, 0.2) is 0 Å². The summed E-state index contributed by atoms with van der Waals surface area (Å²) in [6.45, 7) is 3.72. The summed E-state index contributed by atoms with van der Waals surface area (Å²) in [5, 5.41) is 3.15. The Balaban J connectivity index is 1.84. The number of hydrogen-bond acceptors (Lipinski definition) is 6. The standard InChI is InChI=1S/C22H27N4O5PS/c1-23-21(28)15-8-13-14(10-25(2)22(29)19(13)24-15)20-16(9-18(33-20)32(4,5)30)31-11-12-6-7-17(27)26(12)3/h8-10,12,24H,6-7,11H2,1-5H3,(H,23,28). The molecule has 1 unspecified atom stereocenters. The summed E-state index contributed by atoms with van der Waals surface area (Å²) in [4.78, 5) is 42.2. The molecule has 11 heteroatoms. The molecule has 4 heterocycles. The van der Waals surface area contributed by atoms with E-state index < -0.39 is 7.14 Å². The molecule has 0 bridgehead atoms. The molecule has 0 aromatic carbocycles. The van der Waals surface area contributed by atoms with Crippen molar-refractivity contribution >= 4 is 45.8 Å². The number of pyridine rings is 1. The Morgan fingerprint density at radius 1 is 1.30 bits per heavy atom. The number of carbonyl (C=O) groups excluding carboxylic acids is 2. The maximum absolute atomic E-state index is 12.9. The predicted molar refractivity (Wildman–Crippen MR) is 131 cm³/mol. The van der Waals surface area contributed by atoms with Crippen molar-refractivity contribution in [2.45, 2.75) is 18.9 Å². The lowest BCUT2D eigenvalue weighted by Crippen LogP contribution is -2.33. The molecule has 1 aliphatic rings. The Bertz CT molecular complexity index is 1370. The maximum atomic E-state index is 12.9. The monoisotopic (exact) mass is 490 g/mol. The molecule has 2 amide bonds. The van der Waals surface area contributed by atoms with Crippen LogP contribution < -0.4 is 20.2 Å². The van der Waals surface area contributed by atoms with Gasteiger partial charge in [-0.15, -0.1) is 11.3 Å². The number of amides is 2. The summed E-state index contributed by atoms with van der Waals surface area (Å²) < 4.78 is 21.2. The number of hydrogen-bond donors (Lipinski definition) is 2. The molecular formula is C22H27N4O5PS. The molecule has 3 aromatic rings. The lowest BCUT2D eigenvalue weighted by Gasteiger charge is -2.20. The summed E-state index contributed by atoms with van der Waals surface area (Å²) in [6.07, 6.45) is 2.92. The Labute approximate surface area is 195 Å². The minimum Gasteiger partial charge on any atom is -0.490 e. The van der Waals surface area contributed by atoms with Crippen molar-refractivity contribution in [3.8, 4) is 16.2 Å². The third-order valence-electron chi connectivity index (χ3n) is 5.96. The molecule has 0 saturated carbocycles. The lowest BCUT2D eigenvalue weighted by molar-refractivity contribution is -0.127. The van der Waals surface area contributed by atoms with Gasteiger partial charge in [0.05, 0.1) is 15.5 Å². The highest BCUT2D eigenvalue weighted by Gasteiger charge is 2.29. The highest BCUT2D eigenvalue weighted by Crippen LogP contribution is 2.46. The number of likely N-dealkylation sites (N-methyl/N-ethyl adjacent to an activating group) is 1. The lowest BCUT2D eigenvalue weighted by atomic mass is 10.1. The smallest absolute Gasteiger partial charge is 0.274 e. The van der Waals surface area contributed by atoms with E-state index in [0.717, 1.165) is 11.3 Å². The van der Waals surface area contributed by atoms with Gasteiger partial charge in [0, 0.05) is 50.8 Å². The van der Waals surface area contributed by atoms with Crippen molar-refractivity contribution < 1.29 is 18.9 Å². The normalized spacial score (nSPS) is 16.6. The van der Waals surface area contributed by atoms with Gasteiger partial charge in [0.2, 0.25) is 5.91 Å². The van der Waals surface area contributed by atoms with Gasteiger partial charge in [0.1, 0.15) is 30.7 Å². The molecule has 0 radical (unpaired) electrons. The number of aromatic amines is 1. The van der Waals surface area contributed by atoms with Crippen LogP contribution in [0.4, 0.5) is 0 Å². The van der Waals surface area contributed by atoms with Crippen LogP contribution in [0.25, 0.3) is 21.3 Å². The second-order valence-corrected chi connectivity index (χ2v) is 13.2. The SMILES string of the molecule is CNC(=O)c1cc2c(-c3sc(P(C)(C)=O)cc3OCC3CCC(=O)N3C)cn(C)c(=O)c2[nH]1. The fraction of sp³-hybridized carbons (Fsp3) is 0.409. The number of aromatic nitrogens is 2. The first-order valence-electron chi connectivity index (χ1n) is 10.5. The number of thiophene rings is 1. The first kappa shape index (κ1) is 23.3. The van der Waals surface area contributed by atoms with Crippen LogP contribution in [-0.2, 0) is 16.4 Å². The molecule has 1 saturated heterocycles. The molecule has 1 atom stereocenters. The molecule has 2 N–H and O–H groups in total. The average molecular weight is 491 g/mol. The molecule has 0 aliphatic carbocycles. The molecule has 176 valence electrons. The number of likely N-dealkylation sites (tertiary alicyclic amines) is 1. The number of fused-ring (bicyclic) bond motifs is 1. The highest BCUT2D eigenvalue weighted by molar-refractivity contribution is 7.75. The van der Waals surface area contributed by atoms with Crippen molar-refractivity contribution in [3.05, 3.63) is 34.4 Å². The van der Waals surface area contributed by atoms with Gasteiger partial charge in [-0.3, -0.25) is 14.4 Å². The van der Waals surface area contributed by atoms with E-state index in [1.54, 1.807) is 50.7 Å². The summed E-state index contributed by atoms with van der Waals surface area (Å²) in [7, 11) is 2.36. The van der Waals surface area contributed by atoms with E-state index in [1.165, 1.54) is 23.0 Å². The number of nitrogens with zero attached hydrogens (tertiary/aromatic N) is 2. The zero-order valence-corrected chi connectivity index (χ0v) is 20.9. The number of rotatable bonds is 6. The van der Waals surface area contributed by atoms with Gasteiger partial charge in [-0.25, -0.2) is 0 Å². The number of H-pyrrole nitrogens is 1. The van der Waals surface area contributed by atoms with E-state index in [-0.39, 0.29) is 29.1 Å². The first-order valence-corrected chi connectivity index (χ1v) is 14.0. The zero-order chi connectivity index (χ0) is 24.1. The van der Waals surface area contributed by atoms with Gasteiger partial charge in [-0.2, -0.15) is 0 Å². The van der Waals surface area contributed by atoms with E-state index in [1.807, 2.05) is 0 Å². The van der Waals surface area contributed by atoms with Crippen LogP contribution >= 0.6 is 18.5 Å². The van der Waals surface area contributed by atoms with Crippen molar-refractivity contribution in [3.63, 3.8) is 0 Å². The van der Waals surface area contributed by atoms with Crippen molar-refractivity contribution in [2.24, 2.45) is 7.05 Å². The van der Waals surface area contributed by atoms with Crippen molar-refractivity contribution in [2.75, 3.05) is 34.0 Å². The number of carbonyl (C=O) groups is 2. The van der Waals surface area contributed by atoms with E-state index in [4.69, 9.17) is 4.74 Å². The van der Waals surface area contributed by atoms with Crippen LogP contribution in [0.15, 0.2) is 23.1 Å². The van der Waals surface area contributed by atoms with E-state index in [2.05, 4.69) is 10.3 Å². The predicted octanol–water partition coefficient (Wildman–Crippen LogP) is 2.20. The number of nitrogens with one attached hydrogen (secondary N) is 2. The minimum absolute atomic E-state index is 0.0315. The molecular weight excluding hydrogens is 463 g/mol. The Morgan fingerprint density at radius 3 is 2.64 bits per heavy atom. The molecule has 3 aromatic heterocycles. The molecule has 0 spiro atoms. The van der Waals surface area contributed by atoms with Gasteiger partial charge in [-0.1, -0.05) is 0 Å². The van der Waals surface area contributed by atoms with Crippen molar-refractivity contribution in [1.29, 1.82) is 0 Å². The summed E-state index contributed by atoms with van der Waals surface area (Å²) >= 11 is 1.36. The second kappa shape index (κ2) is 8.50. The highest BCUT2D eigenvalue weighted by atomic mass is 32.1. The van der Waals surface area contributed by atoms with Crippen molar-refractivity contribution in [1.82, 2.24) is 19.8 Å². The van der Waals surface area contributed by atoms with Gasteiger partial charge >= 0.3 is 0 Å². The Morgan fingerprint density at radius 2 is 2.03 bits per heavy atom. The van der Waals surface area contributed by atoms with Crippen LogP contribution in [-0.4, -0.2) is 66.3 Å². The summed E-state index contributed by atoms with van der Waals surface area (Å²) in [5.74, 6) is 0.313. The molecule has 1 aliphatic heterocycles. The minimum atomic E-state index is -2.58. The van der Waals surface area contributed by atoms with E-state index in [0.29, 0.717) is 39.9 Å². The molecule has 4 rings (SSSR count). The van der Waals surface area contributed by atoms with Gasteiger partial charge < -0.3 is 29.1 Å². The van der Waals surface area contributed by atoms with Crippen LogP contribution in [0, 0.1) is 0 Å². The summed E-state index contributed by atoms with van der Waals surface area (Å²) in [6, 6.07) is 3.41. The van der Waals surface area contributed by atoms with E-state index >= 15 is 0 Å². The maximum Gasteiger partial charge on any atom is 0.274 e. The molecule has 1 fully saturated rings. The zero-order valence-electron chi connectivity index (χ0n) is 19.2. The largest absolute Gasteiger partial charge is 0.490 e. The Hall–Kier alpha value is -2.84. The van der Waals surface area contributed by atoms with Crippen LogP contribution in [0.5, 0.6) is 5.75 Å².